The summed E-state index contributed by atoms with van der Waals surface area (Å²) in [7, 11) is -2.53. The zero-order valence-electron chi connectivity index (χ0n) is 16.4. The Balaban J connectivity index is 2.07. The first-order chi connectivity index (χ1) is 12.4. The molecule has 0 heterocycles. The van der Waals surface area contributed by atoms with Crippen LogP contribution in [0, 0.1) is 11.8 Å². The van der Waals surface area contributed by atoms with Crippen LogP contribution in [-0.4, -0.2) is 20.7 Å². The Morgan fingerprint density at radius 3 is 1.85 bits per heavy atom. The first-order valence-electron chi connectivity index (χ1n) is 9.64. The molecule has 3 rings (SSSR count). The molecule has 2 nitrogen and oxygen atoms in total. The van der Waals surface area contributed by atoms with Crippen LogP contribution in [-0.2, 0) is 9.22 Å². The molecule has 0 radical (unpaired) electrons. The maximum absolute atomic E-state index is 12.4. The maximum Gasteiger partial charge on any atom is 0.261 e. The Bertz CT molecular complexity index is 694. The molecular weight excluding hydrogens is 336 g/mol. The van der Waals surface area contributed by atoms with Crippen molar-refractivity contribution < 1.29 is 9.22 Å². The van der Waals surface area contributed by atoms with Gasteiger partial charge < -0.3 is 4.43 Å². The van der Waals surface area contributed by atoms with Gasteiger partial charge in [0, 0.05) is 18.9 Å². The van der Waals surface area contributed by atoms with Crippen LogP contribution in [0.3, 0.4) is 0 Å². The van der Waals surface area contributed by atoms with Crippen LogP contribution >= 0.6 is 0 Å². The number of carbonyl (C=O) groups is 1. The van der Waals surface area contributed by atoms with Crippen LogP contribution in [0.15, 0.2) is 60.7 Å². The number of rotatable bonds is 5. The zero-order valence-corrected chi connectivity index (χ0v) is 17.4. The van der Waals surface area contributed by atoms with Gasteiger partial charge in [-0.2, -0.15) is 0 Å². The fourth-order valence-electron chi connectivity index (χ4n) is 4.31. The van der Waals surface area contributed by atoms with Gasteiger partial charge in [0.05, 0.1) is 0 Å². The van der Waals surface area contributed by atoms with Gasteiger partial charge in [0.1, 0.15) is 5.78 Å². The lowest BCUT2D eigenvalue weighted by molar-refractivity contribution is -0.122. The van der Waals surface area contributed by atoms with E-state index in [0.29, 0.717) is 24.7 Å². The Morgan fingerprint density at radius 1 is 0.962 bits per heavy atom. The molecule has 0 aliphatic heterocycles. The molecule has 3 heteroatoms. The summed E-state index contributed by atoms with van der Waals surface area (Å²) < 4.78 is 6.91. The van der Waals surface area contributed by atoms with E-state index in [9.17, 15) is 4.79 Å². The molecule has 0 unspecified atom stereocenters. The van der Waals surface area contributed by atoms with Gasteiger partial charge in [0.2, 0.25) is 0 Å². The van der Waals surface area contributed by atoms with E-state index in [1.807, 2.05) is 0 Å². The number of hydrogen-bond donors (Lipinski definition) is 0. The van der Waals surface area contributed by atoms with Crippen LogP contribution in [0.4, 0.5) is 0 Å². The van der Waals surface area contributed by atoms with Crippen LogP contribution < -0.4 is 10.4 Å². The Hall–Kier alpha value is -1.71. The van der Waals surface area contributed by atoms with E-state index in [2.05, 4.69) is 88.4 Å². The second kappa shape index (κ2) is 7.49. The van der Waals surface area contributed by atoms with Crippen molar-refractivity contribution in [1.82, 2.24) is 0 Å². The summed E-state index contributed by atoms with van der Waals surface area (Å²) in [5.41, 5.74) is 0. The van der Waals surface area contributed by atoms with E-state index in [-0.39, 0.29) is 11.0 Å². The highest BCUT2D eigenvalue weighted by atomic mass is 28.4. The average molecular weight is 367 g/mol. The summed E-state index contributed by atoms with van der Waals surface area (Å²) in [5.74, 6) is 0.827. The highest BCUT2D eigenvalue weighted by Crippen LogP contribution is 2.38. The van der Waals surface area contributed by atoms with Crippen molar-refractivity contribution in [2.24, 2.45) is 11.8 Å². The molecule has 0 bridgehead atoms. The second-order valence-corrected chi connectivity index (χ2v) is 12.9. The van der Waals surface area contributed by atoms with Crippen molar-refractivity contribution >= 4 is 24.5 Å². The normalized spacial score (nSPS) is 21.2. The molecule has 2 aromatic carbocycles. The number of ketones is 1. The van der Waals surface area contributed by atoms with Crippen molar-refractivity contribution in [3.8, 4) is 0 Å². The van der Waals surface area contributed by atoms with Crippen molar-refractivity contribution in [2.45, 2.75) is 45.6 Å². The van der Waals surface area contributed by atoms with Gasteiger partial charge >= 0.3 is 0 Å². The topological polar surface area (TPSA) is 26.3 Å². The van der Waals surface area contributed by atoms with Gasteiger partial charge in [-0.25, -0.2) is 0 Å². The van der Waals surface area contributed by atoms with Gasteiger partial charge in [-0.3, -0.25) is 4.79 Å². The minimum absolute atomic E-state index is 0.0386. The van der Waals surface area contributed by atoms with Gasteiger partial charge in [-0.15, -0.1) is 0 Å². The number of carbonyl (C=O) groups excluding carboxylic acids is 1. The van der Waals surface area contributed by atoms with Crippen molar-refractivity contribution in [3.05, 3.63) is 60.7 Å². The highest BCUT2D eigenvalue weighted by molar-refractivity contribution is 6.99. The maximum atomic E-state index is 12.4. The molecular formula is C23H30O2Si. The molecule has 2 aromatic rings. The van der Waals surface area contributed by atoms with Gasteiger partial charge in [-0.1, -0.05) is 88.4 Å². The predicted octanol–water partition coefficient (Wildman–Crippen LogP) is 4.18. The minimum atomic E-state index is -2.53. The molecule has 1 fully saturated rings. The molecule has 0 amide bonds. The van der Waals surface area contributed by atoms with E-state index in [1.54, 1.807) is 0 Å². The minimum Gasteiger partial charge on any atom is -0.407 e. The Labute approximate surface area is 158 Å². The van der Waals surface area contributed by atoms with Gasteiger partial charge in [-0.05, 0) is 27.8 Å². The third kappa shape index (κ3) is 3.43. The lowest BCUT2D eigenvalue weighted by Gasteiger charge is -2.43. The fraction of sp³-hybridized carbons (Fsp3) is 0.435. The lowest BCUT2D eigenvalue weighted by Crippen LogP contribution is -2.67. The molecule has 138 valence electrons. The SMILES string of the molecule is C[C@@H]1CCC(=O)[C@H]1CO[Si](c1ccccc1)(c1ccccc1)C(C)(C)C. The monoisotopic (exact) mass is 366 g/mol. The average Bonchev–Trinajstić information content (AvgIpc) is 2.95. The quantitative estimate of drug-likeness (QED) is 0.742. The largest absolute Gasteiger partial charge is 0.407 e. The van der Waals surface area contributed by atoms with E-state index in [4.69, 9.17) is 4.43 Å². The van der Waals surface area contributed by atoms with Crippen molar-refractivity contribution in [2.75, 3.05) is 6.61 Å². The first kappa shape index (κ1) is 19.1. The molecule has 1 aliphatic rings. The van der Waals surface area contributed by atoms with Crippen LogP contribution in [0.25, 0.3) is 0 Å². The van der Waals surface area contributed by atoms with Crippen LogP contribution in [0.1, 0.15) is 40.5 Å². The molecule has 1 saturated carbocycles. The third-order valence-corrected chi connectivity index (χ3v) is 10.8. The van der Waals surface area contributed by atoms with Crippen molar-refractivity contribution in [1.29, 1.82) is 0 Å². The van der Waals surface area contributed by atoms with Gasteiger partial charge in [0.25, 0.3) is 8.32 Å². The molecule has 2 atom stereocenters. The van der Waals surface area contributed by atoms with Crippen LogP contribution in [0.2, 0.25) is 5.04 Å². The first-order valence-corrected chi connectivity index (χ1v) is 11.5. The van der Waals surface area contributed by atoms with Crippen LogP contribution in [0.5, 0.6) is 0 Å². The zero-order chi connectivity index (χ0) is 18.8. The summed E-state index contributed by atoms with van der Waals surface area (Å²) in [6.07, 6.45) is 1.70. The Morgan fingerprint density at radius 2 is 1.46 bits per heavy atom. The summed E-state index contributed by atoms with van der Waals surface area (Å²) in [4.78, 5) is 12.4. The Kier molecular flexibility index (Phi) is 5.49. The third-order valence-electron chi connectivity index (χ3n) is 5.84. The molecule has 0 aromatic heterocycles. The molecule has 0 N–H and O–H groups in total. The molecule has 1 aliphatic carbocycles. The molecule has 26 heavy (non-hydrogen) atoms. The number of hydrogen-bond acceptors (Lipinski definition) is 2. The van der Waals surface area contributed by atoms with E-state index in [1.165, 1.54) is 10.4 Å². The molecule has 0 saturated heterocycles. The highest BCUT2D eigenvalue weighted by Gasteiger charge is 2.51. The molecule has 0 spiro atoms. The smallest absolute Gasteiger partial charge is 0.261 e. The summed E-state index contributed by atoms with van der Waals surface area (Å²) in [6.45, 7) is 9.55. The summed E-state index contributed by atoms with van der Waals surface area (Å²) >= 11 is 0. The van der Waals surface area contributed by atoms with E-state index in [0.717, 1.165) is 6.42 Å². The standard InChI is InChI=1S/C23H30O2Si/c1-18-15-16-22(24)21(18)17-25-26(23(2,3)4,19-11-7-5-8-12-19)20-13-9-6-10-14-20/h5-14,18,21H,15-17H2,1-4H3/t18-,21+/m1/s1. The lowest BCUT2D eigenvalue weighted by atomic mass is 9.99. The number of benzene rings is 2. The van der Waals surface area contributed by atoms with E-state index >= 15 is 0 Å². The number of Topliss-reactive ketones (excluding diaryl/α,β-unsaturated/α-hetero) is 1. The predicted molar refractivity (Wildman–Crippen MR) is 110 cm³/mol. The van der Waals surface area contributed by atoms with E-state index < -0.39 is 8.32 Å². The summed E-state index contributed by atoms with van der Waals surface area (Å²) in [6, 6.07) is 21.3. The second-order valence-electron chi connectivity index (χ2n) is 8.56. The summed E-state index contributed by atoms with van der Waals surface area (Å²) in [5, 5.41) is 2.51. The van der Waals surface area contributed by atoms with Crippen molar-refractivity contribution in [3.63, 3.8) is 0 Å². The fourth-order valence-corrected chi connectivity index (χ4v) is 8.89. The van der Waals surface area contributed by atoms with Gasteiger partial charge in [0.15, 0.2) is 0 Å².